The molecule has 2 aromatic rings. The van der Waals surface area contributed by atoms with Gasteiger partial charge < -0.3 is 19.6 Å². The Balaban J connectivity index is 1.64. The molecule has 1 aliphatic heterocycles. The van der Waals surface area contributed by atoms with E-state index in [0.717, 1.165) is 19.0 Å². The van der Waals surface area contributed by atoms with Crippen molar-refractivity contribution < 1.29 is 23.1 Å². The summed E-state index contributed by atoms with van der Waals surface area (Å²) in [6.45, 7) is 5.88. The van der Waals surface area contributed by atoms with Crippen LogP contribution in [-0.4, -0.2) is 74.7 Å². The number of nitrogens with zero attached hydrogens (tertiary/aromatic N) is 2. The molecule has 0 aromatic heterocycles. The van der Waals surface area contributed by atoms with Crippen LogP contribution >= 0.6 is 0 Å². The van der Waals surface area contributed by atoms with E-state index in [1.54, 1.807) is 35.2 Å². The maximum atomic E-state index is 13.6. The third kappa shape index (κ3) is 6.15. The first kappa shape index (κ1) is 25.5. The number of likely N-dealkylation sites (N-methyl/N-ethyl adjacent to an activating group) is 1. The summed E-state index contributed by atoms with van der Waals surface area (Å²) in [5.41, 5.74) is 0.553. The third-order valence-corrected chi connectivity index (χ3v) is 8.13. The number of ether oxygens (including phenoxy) is 1. The van der Waals surface area contributed by atoms with Crippen molar-refractivity contribution in [3.63, 3.8) is 0 Å². The highest BCUT2D eigenvalue weighted by atomic mass is 32.2. The molecule has 2 N–H and O–H groups in total. The van der Waals surface area contributed by atoms with E-state index >= 15 is 0 Å². The van der Waals surface area contributed by atoms with Crippen molar-refractivity contribution in [1.82, 2.24) is 9.80 Å². The van der Waals surface area contributed by atoms with Crippen LogP contribution in [0.5, 0.6) is 5.75 Å². The van der Waals surface area contributed by atoms with Crippen molar-refractivity contribution in [2.24, 2.45) is 11.8 Å². The normalized spacial score (nSPS) is 21.6. The fourth-order valence-electron chi connectivity index (χ4n) is 4.44. The van der Waals surface area contributed by atoms with E-state index < -0.39 is 10.0 Å². The molecule has 0 bridgehead atoms. The summed E-state index contributed by atoms with van der Waals surface area (Å²) in [4.78, 5) is 17.6. The number of amides is 1. The van der Waals surface area contributed by atoms with Crippen LogP contribution in [0.4, 0.5) is 5.69 Å². The molecule has 35 heavy (non-hydrogen) atoms. The molecule has 1 aliphatic carbocycles. The number of benzene rings is 2. The summed E-state index contributed by atoms with van der Waals surface area (Å²) in [6, 6.07) is 12.5. The lowest BCUT2D eigenvalue weighted by Gasteiger charge is -2.38. The van der Waals surface area contributed by atoms with Crippen molar-refractivity contribution in [3.05, 3.63) is 54.1 Å². The van der Waals surface area contributed by atoms with E-state index in [0.29, 0.717) is 12.3 Å². The van der Waals surface area contributed by atoms with Gasteiger partial charge in [0, 0.05) is 31.2 Å². The zero-order chi connectivity index (χ0) is 25.2. The number of hydrogen-bond acceptors (Lipinski definition) is 6. The second-order valence-corrected chi connectivity index (χ2v) is 11.6. The van der Waals surface area contributed by atoms with Crippen LogP contribution in [-0.2, 0) is 10.0 Å². The summed E-state index contributed by atoms with van der Waals surface area (Å²) in [6.07, 6.45) is 2.38. The second kappa shape index (κ2) is 10.6. The van der Waals surface area contributed by atoms with E-state index in [4.69, 9.17) is 4.74 Å². The fourth-order valence-corrected chi connectivity index (χ4v) is 5.51. The van der Waals surface area contributed by atoms with Crippen molar-refractivity contribution in [2.45, 2.75) is 43.7 Å². The van der Waals surface area contributed by atoms with Crippen LogP contribution in [0, 0.1) is 11.8 Å². The highest BCUT2D eigenvalue weighted by Gasteiger charge is 2.34. The van der Waals surface area contributed by atoms with Crippen LogP contribution in [0.15, 0.2) is 53.4 Å². The smallest absolute Gasteiger partial charge is 0.261 e. The molecule has 1 heterocycles. The molecule has 1 amide bonds. The molecule has 0 unspecified atom stereocenters. The Morgan fingerprint density at radius 1 is 1.17 bits per heavy atom. The monoisotopic (exact) mass is 501 g/mol. The number of nitrogens with one attached hydrogen (secondary N) is 1. The molecule has 2 aliphatic rings. The van der Waals surface area contributed by atoms with Gasteiger partial charge in [0.05, 0.1) is 23.1 Å². The maximum Gasteiger partial charge on any atom is 0.261 e. The Labute approximate surface area is 207 Å². The molecule has 190 valence electrons. The summed E-state index contributed by atoms with van der Waals surface area (Å²) in [7, 11) is -1.72. The van der Waals surface area contributed by atoms with Crippen LogP contribution in [0.2, 0.25) is 0 Å². The molecule has 2 aromatic carbocycles. The molecule has 3 atom stereocenters. The van der Waals surface area contributed by atoms with Gasteiger partial charge in [-0.15, -0.1) is 0 Å². The first-order chi connectivity index (χ1) is 16.7. The Hall–Kier alpha value is -2.62. The largest absolute Gasteiger partial charge is 0.488 e. The molecule has 0 radical (unpaired) electrons. The number of anilines is 1. The van der Waals surface area contributed by atoms with Gasteiger partial charge in [0.15, 0.2) is 0 Å². The van der Waals surface area contributed by atoms with E-state index in [2.05, 4.69) is 23.6 Å². The lowest BCUT2D eigenvalue weighted by molar-refractivity contribution is 0.0344. The zero-order valence-electron chi connectivity index (χ0n) is 20.6. The van der Waals surface area contributed by atoms with Crippen molar-refractivity contribution in [1.29, 1.82) is 0 Å². The van der Waals surface area contributed by atoms with Crippen LogP contribution < -0.4 is 9.46 Å². The molecule has 1 fully saturated rings. The first-order valence-corrected chi connectivity index (χ1v) is 13.6. The van der Waals surface area contributed by atoms with Gasteiger partial charge in [-0.3, -0.25) is 9.52 Å². The lowest BCUT2D eigenvalue weighted by Crippen LogP contribution is -2.50. The number of carbonyl (C=O) groups excluding carboxylic acids is 1. The predicted molar refractivity (Wildman–Crippen MR) is 135 cm³/mol. The Morgan fingerprint density at radius 3 is 2.54 bits per heavy atom. The summed E-state index contributed by atoms with van der Waals surface area (Å²) in [5.74, 6) is 0.922. The Morgan fingerprint density at radius 2 is 1.89 bits per heavy atom. The number of aliphatic hydroxyl groups excluding tert-OH is 1. The average molecular weight is 502 g/mol. The Kier molecular flexibility index (Phi) is 7.68. The molecular weight excluding hydrogens is 466 g/mol. The highest BCUT2D eigenvalue weighted by Crippen LogP contribution is 2.32. The number of carbonyl (C=O) groups is 1. The number of sulfonamides is 1. The quantitative estimate of drug-likeness (QED) is 0.548. The fraction of sp³-hybridized carbons (Fsp3) is 0.500. The van der Waals surface area contributed by atoms with Gasteiger partial charge in [0.25, 0.3) is 15.9 Å². The number of fused-ring (bicyclic) bond motifs is 1. The van der Waals surface area contributed by atoms with E-state index in [1.165, 1.54) is 31.0 Å². The predicted octanol–water partition coefficient (Wildman–Crippen LogP) is 3.05. The lowest BCUT2D eigenvalue weighted by atomic mass is 9.99. The van der Waals surface area contributed by atoms with E-state index in [-0.39, 0.29) is 46.7 Å². The third-order valence-electron chi connectivity index (χ3n) is 6.73. The Bertz CT molecular complexity index is 1140. The summed E-state index contributed by atoms with van der Waals surface area (Å²) in [5, 5.41) is 9.83. The van der Waals surface area contributed by atoms with Gasteiger partial charge >= 0.3 is 0 Å². The van der Waals surface area contributed by atoms with Gasteiger partial charge in [0.1, 0.15) is 11.9 Å². The van der Waals surface area contributed by atoms with Gasteiger partial charge in [-0.05, 0) is 63.1 Å². The van der Waals surface area contributed by atoms with Gasteiger partial charge in [-0.25, -0.2) is 8.42 Å². The van der Waals surface area contributed by atoms with Gasteiger partial charge in [0.2, 0.25) is 0 Å². The minimum atomic E-state index is -3.81. The topological polar surface area (TPSA) is 99.2 Å². The van der Waals surface area contributed by atoms with E-state index in [1.807, 2.05) is 6.92 Å². The van der Waals surface area contributed by atoms with Crippen molar-refractivity contribution in [2.75, 3.05) is 38.0 Å². The highest BCUT2D eigenvalue weighted by molar-refractivity contribution is 7.92. The molecule has 8 nitrogen and oxygen atoms in total. The average Bonchev–Trinajstić information content (AvgIpc) is 3.65. The number of aliphatic hydroxyl groups is 1. The maximum absolute atomic E-state index is 13.6. The molecular formula is C26H35N3O5S. The SMILES string of the molecule is C[C@H]1CN([C@@H](C)CO)C(=O)c2cc(NS(=O)(=O)c3ccccc3)ccc2O[C@H]1CN(C)CC1CC1. The molecule has 0 spiro atoms. The van der Waals surface area contributed by atoms with E-state index in [9.17, 15) is 18.3 Å². The van der Waals surface area contributed by atoms with Crippen LogP contribution in [0.1, 0.15) is 37.0 Å². The van der Waals surface area contributed by atoms with Gasteiger partial charge in [-0.2, -0.15) is 0 Å². The summed E-state index contributed by atoms with van der Waals surface area (Å²) >= 11 is 0. The molecule has 1 saturated carbocycles. The minimum absolute atomic E-state index is 0.0408. The number of hydrogen-bond donors (Lipinski definition) is 2. The van der Waals surface area contributed by atoms with Crippen molar-refractivity contribution >= 4 is 21.6 Å². The molecule has 4 rings (SSSR count). The summed E-state index contributed by atoms with van der Waals surface area (Å²) < 4.78 is 34.6. The van der Waals surface area contributed by atoms with Crippen molar-refractivity contribution in [3.8, 4) is 5.75 Å². The van der Waals surface area contributed by atoms with Crippen LogP contribution in [0.25, 0.3) is 0 Å². The molecule has 9 heteroatoms. The molecule has 0 saturated heterocycles. The van der Waals surface area contributed by atoms with Gasteiger partial charge in [-0.1, -0.05) is 25.1 Å². The zero-order valence-corrected chi connectivity index (χ0v) is 21.4. The van der Waals surface area contributed by atoms with Crippen LogP contribution in [0.3, 0.4) is 0 Å². The standard InChI is InChI=1S/C26H35N3O5S/c1-18-14-29(19(2)17-30)26(31)23-13-21(27-35(32,33)22-7-5-4-6-8-22)11-12-24(23)34-25(18)16-28(3)15-20-9-10-20/h4-8,11-13,18-20,25,27,30H,9-10,14-17H2,1-3H3/t18-,19-,25-/m0/s1. The minimum Gasteiger partial charge on any atom is -0.488 e. The second-order valence-electron chi connectivity index (χ2n) is 9.92. The first-order valence-electron chi connectivity index (χ1n) is 12.2. The number of rotatable bonds is 9.